The molecule has 5 atom stereocenters. The van der Waals surface area contributed by atoms with Crippen molar-refractivity contribution in [2.45, 2.75) is 30.6 Å². The highest BCUT2D eigenvalue weighted by atomic mass is 19.1. The molecule has 3 N–H and O–H groups in total. The summed E-state index contributed by atoms with van der Waals surface area (Å²) < 4.78 is 25.9. The number of nitrogens with one attached hydrogen (secondary N) is 2. The van der Waals surface area contributed by atoms with Crippen molar-refractivity contribution in [2.75, 3.05) is 11.9 Å². The van der Waals surface area contributed by atoms with Crippen LogP contribution in [0.3, 0.4) is 0 Å². The molecule has 3 heterocycles. The Bertz CT molecular complexity index is 758. The lowest BCUT2D eigenvalue weighted by Gasteiger charge is -2.38. The fourth-order valence-electron chi connectivity index (χ4n) is 3.12. The lowest BCUT2D eigenvalue weighted by Crippen LogP contribution is -2.59. The Labute approximate surface area is 141 Å². The fourth-order valence-corrected chi connectivity index (χ4v) is 3.12. The number of benzene rings is 1. The van der Waals surface area contributed by atoms with E-state index in [0.717, 1.165) is 0 Å². The van der Waals surface area contributed by atoms with E-state index < -0.39 is 42.4 Å². The molecule has 4 rings (SSSR count). The van der Waals surface area contributed by atoms with Crippen LogP contribution in [-0.4, -0.2) is 57.0 Å². The quantitative estimate of drug-likeness (QED) is 0.733. The van der Waals surface area contributed by atoms with E-state index in [1.807, 2.05) is 0 Å². The molecule has 10 heteroatoms. The van der Waals surface area contributed by atoms with Gasteiger partial charge in [-0.3, -0.25) is 0 Å². The largest absolute Gasteiger partial charge is 0.388 e. The minimum absolute atomic E-state index is 0.234. The average Bonchev–Trinajstić information content (AvgIpc) is 3.23. The van der Waals surface area contributed by atoms with Gasteiger partial charge in [-0.15, -0.1) is 0 Å². The fraction of sp³-hybridized carbons (Fsp3) is 0.400. The summed E-state index contributed by atoms with van der Waals surface area (Å²) >= 11 is 0. The van der Waals surface area contributed by atoms with Crippen molar-refractivity contribution in [3.8, 4) is 0 Å². The van der Waals surface area contributed by atoms with Gasteiger partial charge in [0.15, 0.2) is 6.29 Å². The molecule has 2 aliphatic rings. The van der Waals surface area contributed by atoms with Crippen molar-refractivity contribution >= 4 is 11.7 Å². The van der Waals surface area contributed by atoms with Gasteiger partial charge in [0.1, 0.15) is 36.7 Å². The van der Waals surface area contributed by atoms with Crippen LogP contribution < -0.4 is 10.6 Å². The maximum atomic E-state index is 13.2. The Morgan fingerprint density at radius 3 is 3.08 bits per heavy atom. The first-order valence-electron chi connectivity index (χ1n) is 7.74. The Kier molecular flexibility index (Phi) is 4.07. The van der Waals surface area contributed by atoms with E-state index in [4.69, 9.17) is 9.47 Å². The summed E-state index contributed by atoms with van der Waals surface area (Å²) in [4.78, 5) is 16.1. The van der Waals surface area contributed by atoms with E-state index in [-0.39, 0.29) is 6.61 Å². The predicted molar refractivity (Wildman–Crippen MR) is 82.0 cm³/mol. The molecule has 0 spiro atoms. The molecule has 2 aromatic rings. The second kappa shape index (κ2) is 6.39. The Hall–Kier alpha value is -2.56. The molecule has 0 saturated carbocycles. The molecule has 2 fully saturated rings. The molecule has 0 aliphatic carbocycles. The molecule has 1 aromatic heterocycles. The minimum atomic E-state index is -0.994. The molecule has 132 valence electrons. The molecule has 2 saturated heterocycles. The number of ether oxygens (including phenoxy) is 2. The summed E-state index contributed by atoms with van der Waals surface area (Å²) in [6.07, 6.45) is 0.644. The van der Waals surface area contributed by atoms with Crippen molar-refractivity contribution in [1.29, 1.82) is 0 Å². The zero-order valence-electron chi connectivity index (χ0n) is 12.9. The van der Waals surface area contributed by atoms with Crippen LogP contribution in [0.25, 0.3) is 0 Å². The van der Waals surface area contributed by atoms with Gasteiger partial charge in [-0.05, 0) is 18.2 Å². The van der Waals surface area contributed by atoms with Gasteiger partial charge < -0.3 is 25.2 Å². The van der Waals surface area contributed by atoms with Crippen molar-refractivity contribution in [3.05, 3.63) is 42.7 Å². The number of aromatic nitrogens is 3. The Morgan fingerprint density at radius 2 is 2.32 bits per heavy atom. The van der Waals surface area contributed by atoms with Crippen LogP contribution >= 0.6 is 0 Å². The Balaban J connectivity index is 1.48. The number of amides is 2. The highest BCUT2D eigenvalue weighted by Gasteiger charge is 2.51. The molecule has 1 aromatic carbocycles. The third-order valence-electron chi connectivity index (χ3n) is 4.25. The van der Waals surface area contributed by atoms with E-state index in [1.54, 1.807) is 6.07 Å². The van der Waals surface area contributed by atoms with Crippen LogP contribution in [0.1, 0.15) is 6.04 Å². The number of hydrogen-bond acceptors (Lipinski definition) is 6. The van der Waals surface area contributed by atoms with Crippen molar-refractivity contribution in [3.63, 3.8) is 0 Å². The number of aliphatic hydroxyl groups excluding tert-OH is 1. The number of rotatable bonds is 3. The van der Waals surface area contributed by atoms with Gasteiger partial charge in [-0.1, -0.05) is 6.07 Å². The van der Waals surface area contributed by atoms with Gasteiger partial charge in [-0.2, -0.15) is 5.10 Å². The third kappa shape index (κ3) is 3.06. The third-order valence-corrected chi connectivity index (χ3v) is 4.25. The number of carbonyl (C=O) groups is 1. The van der Waals surface area contributed by atoms with Gasteiger partial charge >= 0.3 is 6.03 Å². The molecule has 5 unspecified atom stereocenters. The second-order valence-electron chi connectivity index (χ2n) is 5.87. The standard InChI is InChI=1S/C15H16FN5O4/c16-8-2-1-3-9(4-8)19-15(23)20-11-10-5-24-14(25-10)12(13(11)22)21-7-17-6-18-21/h1-4,6-7,10-14,22H,5H2,(H2,19,20,23). The zero-order chi connectivity index (χ0) is 17.4. The normalized spacial score (nSPS) is 30.9. The number of urea groups is 1. The van der Waals surface area contributed by atoms with Crippen LogP contribution in [0, 0.1) is 5.82 Å². The van der Waals surface area contributed by atoms with Gasteiger partial charge in [0, 0.05) is 5.69 Å². The molecule has 2 aliphatic heterocycles. The van der Waals surface area contributed by atoms with E-state index >= 15 is 0 Å². The average molecular weight is 349 g/mol. The van der Waals surface area contributed by atoms with Gasteiger partial charge in [-0.25, -0.2) is 18.9 Å². The van der Waals surface area contributed by atoms with E-state index in [9.17, 15) is 14.3 Å². The summed E-state index contributed by atoms with van der Waals surface area (Å²) in [5.41, 5.74) is 0.303. The molecule has 0 radical (unpaired) electrons. The van der Waals surface area contributed by atoms with Crippen LogP contribution in [0.15, 0.2) is 36.9 Å². The molecule has 2 amide bonds. The van der Waals surface area contributed by atoms with E-state index in [1.165, 1.54) is 35.5 Å². The summed E-state index contributed by atoms with van der Waals surface area (Å²) in [6, 6.07) is 3.58. The SMILES string of the molecule is O=C(Nc1cccc(F)c1)NC1C2COC(O2)C(n2cncn2)C1O. The highest BCUT2D eigenvalue weighted by molar-refractivity contribution is 5.89. The number of aliphatic hydroxyl groups is 1. The van der Waals surface area contributed by atoms with Gasteiger partial charge in [0.25, 0.3) is 0 Å². The number of halogens is 1. The summed E-state index contributed by atoms with van der Waals surface area (Å²) in [5.74, 6) is -0.461. The van der Waals surface area contributed by atoms with Gasteiger partial charge in [0.2, 0.25) is 0 Å². The summed E-state index contributed by atoms with van der Waals surface area (Å²) in [6.45, 7) is 0.234. The maximum Gasteiger partial charge on any atom is 0.319 e. The van der Waals surface area contributed by atoms with E-state index in [0.29, 0.717) is 5.69 Å². The van der Waals surface area contributed by atoms with Crippen LogP contribution in [0.4, 0.5) is 14.9 Å². The molecule has 25 heavy (non-hydrogen) atoms. The first kappa shape index (κ1) is 15.9. The summed E-state index contributed by atoms with van der Waals surface area (Å²) in [7, 11) is 0. The Morgan fingerprint density at radius 1 is 1.44 bits per heavy atom. The molecule has 9 nitrogen and oxygen atoms in total. The monoisotopic (exact) mass is 349 g/mol. The summed E-state index contributed by atoms with van der Waals surface area (Å²) in [5, 5.41) is 19.9. The van der Waals surface area contributed by atoms with Crippen LogP contribution in [0.5, 0.6) is 0 Å². The predicted octanol–water partition coefficient (Wildman–Crippen LogP) is 0.265. The van der Waals surface area contributed by atoms with Crippen LogP contribution in [0.2, 0.25) is 0 Å². The molecular formula is C15H16FN5O4. The lowest BCUT2D eigenvalue weighted by molar-refractivity contribution is -0.166. The van der Waals surface area contributed by atoms with Crippen molar-refractivity contribution in [1.82, 2.24) is 20.1 Å². The number of nitrogens with zero attached hydrogens (tertiary/aromatic N) is 3. The molecule has 2 bridgehead atoms. The second-order valence-corrected chi connectivity index (χ2v) is 5.87. The van der Waals surface area contributed by atoms with E-state index in [2.05, 4.69) is 20.7 Å². The van der Waals surface area contributed by atoms with Crippen molar-refractivity contribution in [2.24, 2.45) is 0 Å². The zero-order valence-corrected chi connectivity index (χ0v) is 12.9. The first-order chi connectivity index (χ1) is 12.1. The number of anilines is 1. The highest BCUT2D eigenvalue weighted by Crippen LogP contribution is 2.35. The smallest absolute Gasteiger partial charge is 0.319 e. The minimum Gasteiger partial charge on any atom is -0.388 e. The topological polar surface area (TPSA) is 111 Å². The maximum absolute atomic E-state index is 13.2. The first-order valence-corrected chi connectivity index (χ1v) is 7.74. The molecular weight excluding hydrogens is 333 g/mol. The van der Waals surface area contributed by atoms with Crippen molar-refractivity contribution < 1.29 is 23.8 Å². The number of hydrogen-bond donors (Lipinski definition) is 3. The van der Waals surface area contributed by atoms with Crippen LogP contribution in [-0.2, 0) is 9.47 Å². The lowest BCUT2D eigenvalue weighted by atomic mass is 9.96. The van der Waals surface area contributed by atoms with Gasteiger partial charge in [0.05, 0.1) is 12.6 Å². The number of carbonyl (C=O) groups excluding carboxylic acids is 1. The number of fused-ring (bicyclic) bond motifs is 2.